The summed E-state index contributed by atoms with van der Waals surface area (Å²) in [5.74, 6) is -0.362. The normalized spacial score (nSPS) is 17.2. The first-order valence-corrected chi connectivity index (χ1v) is 10.9. The van der Waals surface area contributed by atoms with Crippen molar-refractivity contribution in [2.24, 2.45) is 0 Å². The molecule has 4 rings (SSSR count). The van der Waals surface area contributed by atoms with E-state index in [1.54, 1.807) is 12.1 Å². The van der Waals surface area contributed by atoms with E-state index in [2.05, 4.69) is 10.2 Å². The van der Waals surface area contributed by atoms with Crippen molar-refractivity contribution in [3.63, 3.8) is 0 Å². The Kier molecular flexibility index (Phi) is 6.66. The summed E-state index contributed by atoms with van der Waals surface area (Å²) in [5.41, 5.74) is 2.55. The van der Waals surface area contributed by atoms with Crippen LogP contribution in [0.1, 0.15) is 36.0 Å². The van der Waals surface area contributed by atoms with E-state index in [0.717, 1.165) is 18.8 Å². The zero-order chi connectivity index (χ0) is 21.6. The summed E-state index contributed by atoms with van der Waals surface area (Å²) in [6, 6.07) is 12.4. The molecule has 0 aromatic heterocycles. The van der Waals surface area contributed by atoms with Gasteiger partial charge < -0.3 is 19.9 Å². The maximum atomic E-state index is 12.7. The molecule has 2 heterocycles. The van der Waals surface area contributed by atoms with Crippen LogP contribution in [0.3, 0.4) is 0 Å². The van der Waals surface area contributed by atoms with Crippen LogP contribution < -0.4 is 15.1 Å². The summed E-state index contributed by atoms with van der Waals surface area (Å²) in [7, 11) is 0. The van der Waals surface area contributed by atoms with Gasteiger partial charge in [0.2, 0.25) is 0 Å². The van der Waals surface area contributed by atoms with E-state index in [0.29, 0.717) is 37.7 Å². The molecule has 2 fully saturated rings. The molecule has 2 saturated heterocycles. The molecule has 0 bridgehead atoms. The Labute approximate surface area is 181 Å². The molecule has 2 aliphatic heterocycles. The maximum absolute atomic E-state index is 12.7. The molecule has 31 heavy (non-hydrogen) atoms. The van der Waals surface area contributed by atoms with Gasteiger partial charge in [-0.05, 0) is 49.2 Å². The molecular formula is C23H28N4O4. The monoisotopic (exact) mass is 424 g/mol. The maximum Gasteiger partial charge on any atom is 0.293 e. The number of ether oxygens (including phenoxy) is 1. The minimum atomic E-state index is -0.433. The van der Waals surface area contributed by atoms with Gasteiger partial charge in [0.25, 0.3) is 11.6 Å². The van der Waals surface area contributed by atoms with Crippen molar-refractivity contribution in [1.29, 1.82) is 0 Å². The van der Waals surface area contributed by atoms with Crippen molar-refractivity contribution in [2.75, 3.05) is 54.5 Å². The second-order valence-electron chi connectivity index (χ2n) is 7.96. The van der Waals surface area contributed by atoms with Crippen LogP contribution >= 0.6 is 0 Å². The largest absolute Gasteiger partial charge is 0.378 e. The van der Waals surface area contributed by atoms with Crippen molar-refractivity contribution in [3.05, 3.63) is 58.1 Å². The number of hydrogen-bond donors (Lipinski definition) is 1. The standard InChI is InChI=1S/C23H28N4O4/c28-23(24-19-6-8-20(9-7-19)25-11-3-1-2-4-12-25)18-5-10-21(22(17-18)27(29)30)26-13-15-31-16-14-26/h5-10,17H,1-4,11-16H2,(H,24,28). The molecule has 2 aromatic rings. The number of benzene rings is 2. The number of hydrogen-bond acceptors (Lipinski definition) is 6. The van der Waals surface area contributed by atoms with Gasteiger partial charge in [0.15, 0.2) is 0 Å². The summed E-state index contributed by atoms with van der Waals surface area (Å²) >= 11 is 0. The van der Waals surface area contributed by atoms with Crippen LogP contribution in [0.4, 0.5) is 22.7 Å². The van der Waals surface area contributed by atoms with E-state index in [1.165, 1.54) is 31.7 Å². The lowest BCUT2D eigenvalue weighted by molar-refractivity contribution is -0.384. The van der Waals surface area contributed by atoms with E-state index in [9.17, 15) is 14.9 Å². The Morgan fingerprint density at radius 1 is 0.903 bits per heavy atom. The second-order valence-corrected chi connectivity index (χ2v) is 7.96. The number of nitro benzene ring substituents is 1. The quantitative estimate of drug-likeness (QED) is 0.575. The SMILES string of the molecule is O=C(Nc1ccc(N2CCCCCC2)cc1)c1ccc(N2CCOCC2)c([N+](=O)[O-])c1. The van der Waals surface area contributed by atoms with Crippen LogP contribution in [-0.4, -0.2) is 50.2 Å². The molecular weight excluding hydrogens is 396 g/mol. The smallest absolute Gasteiger partial charge is 0.293 e. The summed E-state index contributed by atoms with van der Waals surface area (Å²) in [6.45, 7) is 4.38. The number of nitro groups is 1. The van der Waals surface area contributed by atoms with Gasteiger partial charge in [-0.15, -0.1) is 0 Å². The highest BCUT2D eigenvalue weighted by Crippen LogP contribution is 2.30. The van der Waals surface area contributed by atoms with E-state index >= 15 is 0 Å². The van der Waals surface area contributed by atoms with Gasteiger partial charge in [-0.1, -0.05) is 12.8 Å². The minimum Gasteiger partial charge on any atom is -0.378 e. The molecule has 1 amide bonds. The molecule has 164 valence electrons. The topological polar surface area (TPSA) is 88.0 Å². The minimum absolute atomic E-state index is 0.0638. The lowest BCUT2D eigenvalue weighted by Gasteiger charge is -2.28. The molecule has 1 N–H and O–H groups in total. The fourth-order valence-electron chi connectivity index (χ4n) is 4.17. The Bertz CT molecular complexity index is 918. The highest BCUT2D eigenvalue weighted by molar-refractivity contribution is 6.05. The van der Waals surface area contributed by atoms with Crippen LogP contribution in [0, 0.1) is 10.1 Å². The number of carbonyl (C=O) groups is 1. The van der Waals surface area contributed by atoms with Gasteiger partial charge in [-0.25, -0.2) is 0 Å². The first kappa shape index (κ1) is 21.1. The summed E-state index contributed by atoms with van der Waals surface area (Å²) < 4.78 is 5.32. The molecule has 8 nitrogen and oxygen atoms in total. The molecule has 0 aliphatic carbocycles. The van der Waals surface area contributed by atoms with Crippen molar-refractivity contribution in [3.8, 4) is 0 Å². The van der Waals surface area contributed by atoms with E-state index < -0.39 is 4.92 Å². The summed E-state index contributed by atoms with van der Waals surface area (Å²) in [6.07, 6.45) is 4.97. The number of morpholine rings is 1. The predicted octanol–water partition coefficient (Wildman–Crippen LogP) is 4.06. The average Bonchev–Trinajstić information content (AvgIpc) is 3.09. The Hall–Kier alpha value is -3.13. The molecule has 0 atom stereocenters. The fraction of sp³-hybridized carbons (Fsp3) is 0.435. The van der Waals surface area contributed by atoms with Gasteiger partial charge in [0, 0.05) is 49.2 Å². The lowest BCUT2D eigenvalue weighted by Crippen LogP contribution is -2.36. The highest BCUT2D eigenvalue weighted by Gasteiger charge is 2.23. The van der Waals surface area contributed by atoms with Crippen LogP contribution in [0.25, 0.3) is 0 Å². The van der Waals surface area contributed by atoms with Gasteiger partial charge >= 0.3 is 0 Å². The van der Waals surface area contributed by atoms with Gasteiger partial charge in [-0.3, -0.25) is 14.9 Å². The molecule has 2 aromatic carbocycles. The van der Waals surface area contributed by atoms with Gasteiger partial charge in [0.05, 0.1) is 18.1 Å². The van der Waals surface area contributed by atoms with Crippen LogP contribution in [0.15, 0.2) is 42.5 Å². The Balaban J connectivity index is 1.46. The zero-order valence-electron chi connectivity index (χ0n) is 17.6. The molecule has 0 radical (unpaired) electrons. The van der Waals surface area contributed by atoms with Crippen LogP contribution in [-0.2, 0) is 4.74 Å². The summed E-state index contributed by atoms with van der Waals surface area (Å²) in [5, 5.41) is 14.5. The first-order chi connectivity index (χ1) is 15.1. The summed E-state index contributed by atoms with van der Waals surface area (Å²) in [4.78, 5) is 28.2. The van der Waals surface area contributed by atoms with Gasteiger partial charge in [0.1, 0.15) is 5.69 Å². The van der Waals surface area contributed by atoms with Crippen molar-refractivity contribution < 1.29 is 14.5 Å². The van der Waals surface area contributed by atoms with E-state index in [1.807, 2.05) is 29.2 Å². The Morgan fingerprint density at radius 3 is 2.23 bits per heavy atom. The number of nitrogens with one attached hydrogen (secondary N) is 1. The van der Waals surface area contributed by atoms with Crippen LogP contribution in [0.2, 0.25) is 0 Å². The van der Waals surface area contributed by atoms with E-state index in [-0.39, 0.29) is 17.2 Å². The number of amides is 1. The number of carbonyl (C=O) groups excluding carboxylic acids is 1. The number of nitrogens with zero attached hydrogens (tertiary/aromatic N) is 3. The second kappa shape index (κ2) is 9.78. The third-order valence-corrected chi connectivity index (χ3v) is 5.88. The fourth-order valence-corrected chi connectivity index (χ4v) is 4.17. The third kappa shape index (κ3) is 5.14. The molecule has 0 unspecified atom stereocenters. The predicted molar refractivity (Wildman–Crippen MR) is 121 cm³/mol. The molecule has 8 heteroatoms. The molecule has 2 aliphatic rings. The Morgan fingerprint density at radius 2 is 1.58 bits per heavy atom. The van der Waals surface area contributed by atoms with Crippen molar-refractivity contribution in [2.45, 2.75) is 25.7 Å². The third-order valence-electron chi connectivity index (χ3n) is 5.88. The molecule has 0 spiro atoms. The van der Waals surface area contributed by atoms with Gasteiger partial charge in [-0.2, -0.15) is 0 Å². The van der Waals surface area contributed by atoms with Crippen molar-refractivity contribution in [1.82, 2.24) is 0 Å². The number of rotatable bonds is 5. The first-order valence-electron chi connectivity index (χ1n) is 10.9. The highest BCUT2D eigenvalue weighted by atomic mass is 16.6. The van der Waals surface area contributed by atoms with Crippen LogP contribution in [0.5, 0.6) is 0 Å². The molecule has 0 saturated carbocycles. The number of anilines is 3. The van der Waals surface area contributed by atoms with Crippen molar-refractivity contribution >= 4 is 28.7 Å². The zero-order valence-corrected chi connectivity index (χ0v) is 17.6. The van der Waals surface area contributed by atoms with E-state index in [4.69, 9.17) is 4.74 Å². The lowest BCUT2D eigenvalue weighted by atomic mass is 10.1. The average molecular weight is 425 g/mol.